The van der Waals surface area contributed by atoms with E-state index in [9.17, 15) is 13.2 Å². The largest absolute Gasteiger partial charge is 0.478 e. The van der Waals surface area contributed by atoms with Gasteiger partial charge in [-0.2, -0.15) is 0 Å². The van der Waals surface area contributed by atoms with E-state index in [1.807, 2.05) is 0 Å². The van der Waals surface area contributed by atoms with E-state index in [2.05, 4.69) is 0 Å². The Balaban J connectivity index is 2.33. The van der Waals surface area contributed by atoms with E-state index < -0.39 is 15.8 Å². The van der Waals surface area contributed by atoms with Gasteiger partial charge in [0.1, 0.15) is 0 Å². The fourth-order valence-electron chi connectivity index (χ4n) is 1.76. The lowest BCUT2D eigenvalue weighted by atomic mass is 10.1. The van der Waals surface area contributed by atoms with Crippen LogP contribution in [-0.4, -0.2) is 19.5 Å². The summed E-state index contributed by atoms with van der Waals surface area (Å²) in [6.45, 7) is 0. The molecule has 0 saturated carbocycles. The molecule has 0 radical (unpaired) electrons. The van der Waals surface area contributed by atoms with E-state index in [0.29, 0.717) is 5.56 Å². The Morgan fingerprint density at radius 1 is 1.05 bits per heavy atom. The minimum Gasteiger partial charge on any atom is -0.478 e. The highest BCUT2D eigenvalue weighted by Gasteiger charge is 2.19. The first kappa shape index (κ1) is 15.8. The maximum atomic E-state index is 12.3. The Morgan fingerprint density at radius 3 is 2.24 bits per heavy atom. The van der Waals surface area contributed by atoms with Crippen LogP contribution in [0.15, 0.2) is 47.4 Å². The van der Waals surface area contributed by atoms with E-state index >= 15 is 0 Å². The summed E-state index contributed by atoms with van der Waals surface area (Å²) in [5.74, 6) is -1.35. The number of hydrogen-bond donors (Lipinski definition) is 1. The fourth-order valence-corrected chi connectivity index (χ4v) is 3.92. The van der Waals surface area contributed by atoms with Crippen LogP contribution in [0.4, 0.5) is 0 Å². The van der Waals surface area contributed by atoms with Gasteiger partial charge >= 0.3 is 5.97 Å². The molecule has 0 spiro atoms. The molecule has 0 aromatic heterocycles. The van der Waals surface area contributed by atoms with Gasteiger partial charge in [-0.1, -0.05) is 35.3 Å². The van der Waals surface area contributed by atoms with Crippen molar-refractivity contribution in [1.82, 2.24) is 0 Å². The molecule has 0 atom stereocenters. The minimum absolute atomic E-state index is 0.0426. The summed E-state index contributed by atoms with van der Waals surface area (Å²) >= 11 is 11.7. The lowest BCUT2D eigenvalue weighted by molar-refractivity contribution is 0.0697. The molecule has 0 aliphatic heterocycles. The average Bonchev–Trinajstić information content (AvgIpc) is 2.41. The van der Waals surface area contributed by atoms with Crippen molar-refractivity contribution in [2.45, 2.75) is 10.6 Å². The van der Waals surface area contributed by atoms with Gasteiger partial charge in [-0.05, 0) is 35.9 Å². The van der Waals surface area contributed by atoms with E-state index in [1.54, 1.807) is 0 Å². The molecule has 7 heteroatoms. The van der Waals surface area contributed by atoms with Gasteiger partial charge < -0.3 is 5.11 Å². The SMILES string of the molecule is O=C(O)c1ccc(CS(=O)(=O)c2cc(Cl)ccc2Cl)cc1. The number of sulfone groups is 1. The maximum Gasteiger partial charge on any atom is 0.335 e. The Morgan fingerprint density at radius 2 is 1.67 bits per heavy atom. The van der Waals surface area contributed by atoms with Crippen LogP contribution >= 0.6 is 23.2 Å². The summed E-state index contributed by atoms with van der Waals surface area (Å²) in [6, 6.07) is 9.85. The Labute approximate surface area is 131 Å². The van der Waals surface area contributed by atoms with Crippen LogP contribution in [0, 0.1) is 0 Å². The van der Waals surface area contributed by atoms with Crippen molar-refractivity contribution in [3.63, 3.8) is 0 Å². The number of carboxylic acid groups (broad SMARTS) is 1. The van der Waals surface area contributed by atoms with Crippen molar-refractivity contribution in [2.75, 3.05) is 0 Å². The van der Waals surface area contributed by atoms with Crippen LogP contribution in [0.2, 0.25) is 10.0 Å². The monoisotopic (exact) mass is 344 g/mol. The molecule has 0 unspecified atom stereocenters. The molecule has 2 aromatic rings. The summed E-state index contributed by atoms with van der Waals surface area (Å²) in [7, 11) is -3.66. The van der Waals surface area contributed by atoms with Crippen molar-refractivity contribution in [2.24, 2.45) is 0 Å². The van der Waals surface area contributed by atoms with Crippen molar-refractivity contribution >= 4 is 39.0 Å². The third kappa shape index (κ3) is 3.75. The Hall–Kier alpha value is -1.56. The molecular weight excluding hydrogens is 335 g/mol. The number of aromatic carboxylic acids is 1. The molecule has 4 nitrogen and oxygen atoms in total. The highest BCUT2D eigenvalue weighted by Crippen LogP contribution is 2.27. The zero-order valence-corrected chi connectivity index (χ0v) is 12.9. The molecule has 110 valence electrons. The molecule has 0 bridgehead atoms. The molecule has 2 rings (SSSR count). The van der Waals surface area contributed by atoms with Gasteiger partial charge in [0.05, 0.1) is 21.2 Å². The zero-order chi connectivity index (χ0) is 15.6. The second kappa shape index (κ2) is 6.05. The summed E-state index contributed by atoms with van der Waals surface area (Å²) in [5, 5.41) is 9.18. The van der Waals surface area contributed by atoms with E-state index in [-0.39, 0.29) is 26.3 Å². The van der Waals surface area contributed by atoms with Crippen LogP contribution in [-0.2, 0) is 15.6 Å². The van der Waals surface area contributed by atoms with Crippen LogP contribution in [0.25, 0.3) is 0 Å². The van der Waals surface area contributed by atoms with E-state index in [4.69, 9.17) is 28.3 Å². The first-order chi connectivity index (χ1) is 9.79. The molecule has 0 aliphatic rings. The summed E-state index contributed by atoms with van der Waals surface area (Å²) < 4.78 is 24.7. The highest BCUT2D eigenvalue weighted by molar-refractivity contribution is 7.90. The number of carbonyl (C=O) groups is 1. The summed E-state index contributed by atoms with van der Waals surface area (Å²) in [4.78, 5) is 10.7. The lowest BCUT2D eigenvalue weighted by Gasteiger charge is -2.07. The van der Waals surface area contributed by atoms with Gasteiger partial charge in [-0.25, -0.2) is 13.2 Å². The van der Waals surface area contributed by atoms with Gasteiger partial charge in [-0.3, -0.25) is 0 Å². The van der Waals surface area contributed by atoms with Crippen LogP contribution in [0.1, 0.15) is 15.9 Å². The topological polar surface area (TPSA) is 71.4 Å². The molecule has 21 heavy (non-hydrogen) atoms. The van der Waals surface area contributed by atoms with Crippen LogP contribution in [0.3, 0.4) is 0 Å². The number of hydrogen-bond acceptors (Lipinski definition) is 3. The normalized spacial score (nSPS) is 11.3. The summed E-state index contributed by atoms with van der Waals surface area (Å²) in [5.41, 5.74) is 0.563. The Bertz CT molecular complexity index is 783. The van der Waals surface area contributed by atoms with Gasteiger partial charge in [-0.15, -0.1) is 0 Å². The molecule has 2 aromatic carbocycles. The predicted molar refractivity (Wildman–Crippen MR) is 80.8 cm³/mol. The van der Waals surface area contributed by atoms with Gasteiger partial charge in [0.25, 0.3) is 0 Å². The quantitative estimate of drug-likeness (QED) is 0.918. The minimum atomic E-state index is -3.66. The predicted octanol–water partition coefficient (Wildman–Crippen LogP) is 3.67. The van der Waals surface area contributed by atoms with Crippen LogP contribution < -0.4 is 0 Å². The Kier molecular flexibility index (Phi) is 4.56. The molecular formula is C14H10Cl2O4S. The number of carboxylic acids is 1. The molecule has 0 fully saturated rings. The first-order valence-electron chi connectivity index (χ1n) is 5.79. The molecule has 1 N–H and O–H groups in total. The zero-order valence-electron chi connectivity index (χ0n) is 10.6. The van der Waals surface area contributed by atoms with Crippen molar-refractivity contribution in [1.29, 1.82) is 0 Å². The molecule has 0 heterocycles. The van der Waals surface area contributed by atoms with Crippen molar-refractivity contribution in [3.05, 3.63) is 63.6 Å². The summed E-state index contributed by atoms with van der Waals surface area (Å²) in [6.07, 6.45) is 0. The first-order valence-corrected chi connectivity index (χ1v) is 8.20. The van der Waals surface area contributed by atoms with Gasteiger partial charge in [0.15, 0.2) is 9.84 Å². The number of rotatable bonds is 4. The van der Waals surface area contributed by atoms with Crippen molar-refractivity contribution < 1.29 is 18.3 Å². The van der Waals surface area contributed by atoms with Gasteiger partial charge in [0.2, 0.25) is 0 Å². The average molecular weight is 345 g/mol. The number of benzene rings is 2. The van der Waals surface area contributed by atoms with E-state index in [0.717, 1.165) is 0 Å². The third-order valence-corrected chi connectivity index (χ3v) is 5.18. The highest BCUT2D eigenvalue weighted by atomic mass is 35.5. The number of halogens is 2. The molecule has 0 saturated heterocycles. The van der Waals surface area contributed by atoms with Crippen LogP contribution in [0.5, 0.6) is 0 Å². The second-order valence-electron chi connectivity index (χ2n) is 4.34. The third-order valence-electron chi connectivity index (χ3n) is 2.79. The second-order valence-corrected chi connectivity index (χ2v) is 7.14. The fraction of sp³-hybridized carbons (Fsp3) is 0.0714. The maximum absolute atomic E-state index is 12.3. The smallest absolute Gasteiger partial charge is 0.335 e. The molecule has 0 amide bonds. The standard InChI is InChI=1S/C14H10Cl2O4S/c15-11-5-6-12(16)13(7-11)21(19,20)8-9-1-3-10(4-2-9)14(17)18/h1-7H,8H2,(H,17,18). The molecule has 0 aliphatic carbocycles. The van der Waals surface area contributed by atoms with E-state index in [1.165, 1.54) is 42.5 Å². The lowest BCUT2D eigenvalue weighted by Crippen LogP contribution is -2.06. The van der Waals surface area contributed by atoms with Gasteiger partial charge in [0, 0.05) is 5.02 Å². The van der Waals surface area contributed by atoms with Crippen molar-refractivity contribution in [3.8, 4) is 0 Å².